The van der Waals surface area contributed by atoms with Crippen LogP contribution in [0.5, 0.6) is 0 Å². The molecule has 0 saturated heterocycles. The Kier molecular flexibility index (Phi) is 6.25. The molecule has 3 heterocycles. The van der Waals surface area contributed by atoms with E-state index in [2.05, 4.69) is 14.7 Å². The third kappa shape index (κ3) is 4.07. The van der Waals surface area contributed by atoms with Gasteiger partial charge in [0.25, 0.3) is 0 Å². The molecule has 0 fully saturated rings. The highest BCUT2D eigenvalue weighted by molar-refractivity contribution is 5.85. The third-order valence-corrected chi connectivity index (χ3v) is 3.98. The molecule has 1 atom stereocenters. The Morgan fingerprint density at radius 3 is 2.68 bits per heavy atom. The standard InChI is InChI=1S/C17H14F4N4O2.ClH/c1-27-16(26)13(22)7-10-2-3-11(15-23-4-5-25(10)15)14-12(17(19,20)21)6-9(18)8-24-14;/h2-6,8,13H,7,22H2,1H3;1H/t13-;/m0./s1. The van der Waals surface area contributed by atoms with Crippen LogP contribution in [0.15, 0.2) is 36.8 Å². The van der Waals surface area contributed by atoms with Gasteiger partial charge >= 0.3 is 12.1 Å². The molecule has 0 aliphatic carbocycles. The van der Waals surface area contributed by atoms with Gasteiger partial charge < -0.3 is 14.9 Å². The van der Waals surface area contributed by atoms with Crippen LogP contribution in [-0.2, 0) is 22.1 Å². The Morgan fingerprint density at radius 1 is 1.32 bits per heavy atom. The molecule has 0 aliphatic heterocycles. The molecule has 2 N–H and O–H groups in total. The van der Waals surface area contributed by atoms with Crippen molar-refractivity contribution in [2.24, 2.45) is 5.73 Å². The molecule has 0 saturated carbocycles. The predicted octanol–water partition coefficient (Wildman–Crippen LogP) is 3.02. The molecule has 150 valence electrons. The van der Waals surface area contributed by atoms with Crippen LogP contribution in [0.3, 0.4) is 0 Å². The predicted molar refractivity (Wildman–Crippen MR) is 94.3 cm³/mol. The minimum atomic E-state index is -4.79. The second kappa shape index (κ2) is 8.11. The highest BCUT2D eigenvalue weighted by atomic mass is 35.5. The summed E-state index contributed by atoms with van der Waals surface area (Å²) >= 11 is 0. The van der Waals surface area contributed by atoms with Crippen molar-refractivity contribution in [3.05, 3.63) is 53.9 Å². The van der Waals surface area contributed by atoms with E-state index in [4.69, 9.17) is 5.73 Å². The van der Waals surface area contributed by atoms with E-state index < -0.39 is 35.3 Å². The molecule has 3 aromatic rings. The van der Waals surface area contributed by atoms with Gasteiger partial charge in [0.15, 0.2) is 0 Å². The normalized spacial score (nSPS) is 12.5. The topological polar surface area (TPSA) is 82.5 Å². The van der Waals surface area contributed by atoms with Crippen LogP contribution in [0.25, 0.3) is 16.9 Å². The van der Waals surface area contributed by atoms with Crippen molar-refractivity contribution in [2.75, 3.05) is 7.11 Å². The first-order valence-corrected chi connectivity index (χ1v) is 7.74. The molecule has 0 aliphatic rings. The number of nitrogens with two attached hydrogens (primary N) is 1. The lowest BCUT2D eigenvalue weighted by atomic mass is 10.0. The van der Waals surface area contributed by atoms with E-state index in [1.165, 1.54) is 36.0 Å². The summed E-state index contributed by atoms with van der Waals surface area (Å²) in [5.74, 6) is -1.71. The maximum atomic E-state index is 13.3. The monoisotopic (exact) mass is 418 g/mol. The van der Waals surface area contributed by atoms with Crippen LogP contribution in [0, 0.1) is 5.82 Å². The molecule has 0 bridgehead atoms. The summed E-state index contributed by atoms with van der Waals surface area (Å²) in [4.78, 5) is 19.2. The molecule has 3 aromatic heterocycles. The number of carbonyl (C=O) groups excluding carboxylic acids is 1. The number of hydrogen-bond acceptors (Lipinski definition) is 5. The van der Waals surface area contributed by atoms with Crippen LogP contribution in [0.4, 0.5) is 17.6 Å². The van der Waals surface area contributed by atoms with Gasteiger partial charge in [-0.2, -0.15) is 13.2 Å². The lowest BCUT2D eigenvalue weighted by Crippen LogP contribution is -2.34. The van der Waals surface area contributed by atoms with Crippen molar-refractivity contribution < 1.29 is 27.1 Å². The zero-order valence-electron chi connectivity index (χ0n) is 14.4. The molecular formula is C17H15ClF4N4O2. The minimum absolute atomic E-state index is 0. The highest BCUT2D eigenvalue weighted by Crippen LogP contribution is 2.37. The van der Waals surface area contributed by atoms with E-state index in [0.29, 0.717) is 18.0 Å². The molecule has 6 nitrogen and oxygen atoms in total. The fourth-order valence-electron chi connectivity index (χ4n) is 2.75. The lowest BCUT2D eigenvalue weighted by molar-refractivity contribution is -0.142. The van der Waals surface area contributed by atoms with Gasteiger partial charge in [0, 0.05) is 30.1 Å². The SMILES string of the molecule is COC(=O)[C@@H](N)Cc1ccc(-c2ncc(F)cc2C(F)(F)F)c2nccn12.Cl. The van der Waals surface area contributed by atoms with Crippen molar-refractivity contribution >= 4 is 24.0 Å². The maximum Gasteiger partial charge on any atom is 0.418 e. The first kappa shape index (κ1) is 21.6. The smallest absolute Gasteiger partial charge is 0.418 e. The second-order valence-electron chi connectivity index (χ2n) is 5.74. The first-order valence-electron chi connectivity index (χ1n) is 7.74. The fourth-order valence-corrected chi connectivity index (χ4v) is 2.75. The number of rotatable bonds is 4. The first-order chi connectivity index (χ1) is 12.7. The van der Waals surface area contributed by atoms with E-state index >= 15 is 0 Å². The van der Waals surface area contributed by atoms with Crippen molar-refractivity contribution in [2.45, 2.75) is 18.6 Å². The average molecular weight is 419 g/mol. The molecule has 0 radical (unpaired) electrons. The summed E-state index contributed by atoms with van der Waals surface area (Å²) in [6.45, 7) is 0. The molecular weight excluding hydrogens is 404 g/mol. The zero-order chi connectivity index (χ0) is 19.8. The summed E-state index contributed by atoms with van der Waals surface area (Å²) in [6.07, 6.45) is -1.08. The zero-order valence-corrected chi connectivity index (χ0v) is 15.2. The summed E-state index contributed by atoms with van der Waals surface area (Å²) in [6, 6.07) is 2.35. The molecule has 11 heteroatoms. The Balaban J connectivity index is 0.00000280. The number of fused-ring (bicyclic) bond motifs is 1. The van der Waals surface area contributed by atoms with E-state index in [9.17, 15) is 22.4 Å². The van der Waals surface area contributed by atoms with Gasteiger partial charge in [0.05, 0.1) is 24.6 Å². The maximum absolute atomic E-state index is 13.3. The number of pyridine rings is 2. The van der Waals surface area contributed by atoms with Gasteiger partial charge in [0.1, 0.15) is 17.5 Å². The molecule has 0 spiro atoms. The number of aromatic nitrogens is 3. The van der Waals surface area contributed by atoms with Crippen LogP contribution < -0.4 is 5.73 Å². The van der Waals surface area contributed by atoms with Gasteiger partial charge in [-0.1, -0.05) is 0 Å². The van der Waals surface area contributed by atoms with Crippen LogP contribution in [-0.4, -0.2) is 33.5 Å². The van der Waals surface area contributed by atoms with Crippen molar-refractivity contribution in [1.29, 1.82) is 0 Å². The largest absolute Gasteiger partial charge is 0.468 e. The van der Waals surface area contributed by atoms with E-state index in [-0.39, 0.29) is 30.0 Å². The number of esters is 1. The number of methoxy groups -OCH3 is 1. The van der Waals surface area contributed by atoms with Crippen LogP contribution in [0.1, 0.15) is 11.3 Å². The summed E-state index contributed by atoms with van der Waals surface area (Å²) in [5.41, 5.74) is 4.90. The Hall–Kier alpha value is -2.72. The average Bonchev–Trinajstić information content (AvgIpc) is 3.11. The van der Waals surface area contributed by atoms with Crippen molar-refractivity contribution in [3.63, 3.8) is 0 Å². The van der Waals surface area contributed by atoms with E-state index in [0.717, 1.165) is 0 Å². The van der Waals surface area contributed by atoms with E-state index in [1.54, 1.807) is 0 Å². The number of alkyl halides is 3. The van der Waals surface area contributed by atoms with Gasteiger partial charge in [-0.15, -0.1) is 12.4 Å². The molecule has 0 unspecified atom stereocenters. The number of hydrogen-bond donors (Lipinski definition) is 1. The minimum Gasteiger partial charge on any atom is -0.468 e. The van der Waals surface area contributed by atoms with Gasteiger partial charge in [-0.25, -0.2) is 9.37 Å². The number of imidazole rings is 1. The van der Waals surface area contributed by atoms with E-state index in [1.807, 2.05) is 0 Å². The number of ether oxygens (including phenoxy) is 1. The Bertz CT molecular complexity index is 1010. The van der Waals surface area contributed by atoms with Crippen LogP contribution >= 0.6 is 12.4 Å². The third-order valence-electron chi connectivity index (χ3n) is 3.98. The van der Waals surface area contributed by atoms with Crippen molar-refractivity contribution in [3.8, 4) is 11.3 Å². The summed E-state index contributed by atoms with van der Waals surface area (Å²) in [5, 5.41) is 0. The van der Waals surface area contributed by atoms with Gasteiger partial charge in [-0.05, 0) is 18.2 Å². The van der Waals surface area contributed by atoms with Crippen molar-refractivity contribution in [1.82, 2.24) is 14.4 Å². The fraction of sp³-hybridized carbons (Fsp3) is 0.235. The lowest BCUT2D eigenvalue weighted by Gasteiger charge is -2.15. The summed E-state index contributed by atoms with van der Waals surface area (Å²) in [7, 11) is 1.21. The van der Waals surface area contributed by atoms with Crippen LogP contribution in [0.2, 0.25) is 0 Å². The second-order valence-corrected chi connectivity index (χ2v) is 5.74. The van der Waals surface area contributed by atoms with Gasteiger partial charge in [0.2, 0.25) is 0 Å². The molecule has 28 heavy (non-hydrogen) atoms. The highest BCUT2D eigenvalue weighted by Gasteiger charge is 2.35. The number of nitrogens with zero attached hydrogens (tertiary/aromatic N) is 3. The molecule has 0 aromatic carbocycles. The summed E-state index contributed by atoms with van der Waals surface area (Å²) < 4.78 is 59.4. The Morgan fingerprint density at radius 2 is 2.04 bits per heavy atom. The number of halogens is 5. The quantitative estimate of drug-likeness (QED) is 0.520. The molecule has 0 amide bonds. The van der Waals surface area contributed by atoms with Gasteiger partial charge in [-0.3, -0.25) is 9.78 Å². The molecule has 3 rings (SSSR count). The Labute approximate surface area is 162 Å². The number of carbonyl (C=O) groups is 1.